The number of imide groups is 1. The van der Waals surface area contributed by atoms with E-state index < -0.39 is 6.04 Å². The molecule has 0 bridgehead atoms. The molecule has 0 saturated carbocycles. The summed E-state index contributed by atoms with van der Waals surface area (Å²) >= 11 is 6.14. The van der Waals surface area contributed by atoms with Gasteiger partial charge in [0.05, 0.1) is 24.8 Å². The highest BCUT2D eigenvalue weighted by molar-refractivity contribution is 6.32. The molecule has 26 heavy (non-hydrogen) atoms. The van der Waals surface area contributed by atoms with Gasteiger partial charge in [-0.3, -0.25) is 14.5 Å². The quantitative estimate of drug-likeness (QED) is 0.752. The number of benzene rings is 1. The van der Waals surface area contributed by atoms with Gasteiger partial charge in [0, 0.05) is 31.2 Å². The molecule has 0 aliphatic carbocycles. The molecule has 0 spiro atoms. The zero-order valence-electron chi connectivity index (χ0n) is 14.9. The van der Waals surface area contributed by atoms with E-state index in [1.54, 1.807) is 30.0 Å². The Morgan fingerprint density at radius 3 is 2.54 bits per heavy atom. The Kier molecular flexibility index (Phi) is 5.48. The minimum atomic E-state index is -0.494. The van der Waals surface area contributed by atoms with Gasteiger partial charge in [0.2, 0.25) is 5.91 Å². The van der Waals surface area contributed by atoms with E-state index in [4.69, 9.17) is 16.3 Å². The molecular weight excluding hydrogens is 358 g/mol. The van der Waals surface area contributed by atoms with Gasteiger partial charge in [0.15, 0.2) is 0 Å². The zero-order valence-corrected chi connectivity index (χ0v) is 15.7. The summed E-state index contributed by atoms with van der Waals surface area (Å²) in [7, 11) is 0. The zero-order chi connectivity index (χ0) is 18.8. The first-order chi connectivity index (χ1) is 12.4. The molecule has 0 radical (unpaired) electrons. The number of amides is 3. The first-order valence-corrected chi connectivity index (χ1v) is 9.09. The average Bonchev–Trinajstić information content (AvgIpc) is 2.92. The second-order valence-electron chi connectivity index (χ2n) is 6.44. The fourth-order valence-corrected chi connectivity index (χ4v) is 3.50. The highest BCUT2D eigenvalue weighted by atomic mass is 35.5. The number of anilines is 1. The molecule has 2 aliphatic rings. The van der Waals surface area contributed by atoms with Crippen molar-refractivity contribution in [2.24, 2.45) is 0 Å². The van der Waals surface area contributed by atoms with Crippen molar-refractivity contribution in [3.8, 4) is 0 Å². The predicted molar refractivity (Wildman–Crippen MR) is 97.3 cm³/mol. The number of aryl methyl sites for hydroxylation is 1. The van der Waals surface area contributed by atoms with Crippen LogP contribution in [0.3, 0.4) is 0 Å². The van der Waals surface area contributed by atoms with Gasteiger partial charge in [0.1, 0.15) is 0 Å². The van der Waals surface area contributed by atoms with Crippen LogP contribution in [0.5, 0.6) is 0 Å². The molecular formula is C18H22ClN3O4. The number of halogens is 1. The summed E-state index contributed by atoms with van der Waals surface area (Å²) in [6.45, 7) is 5.99. The van der Waals surface area contributed by atoms with Crippen LogP contribution in [0, 0.1) is 6.92 Å². The van der Waals surface area contributed by atoms with Crippen molar-refractivity contribution in [2.45, 2.75) is 26.3 Å². The van der Waals surface area contributed by atoms with E-state index >= 15 is 0 Å². The monoisotopic (exact) mass is 379 g/mol. The number of rotatable bonds is 3. The van der Waals surface area contributed by atoms with Crippen molar-refractivity contribution in [1.82, 2.24) is 9.80 Å². The Bertz CT molecular complexity index is 731. The number of carbonyl (C=O) groups is 3. The molecule has 1 atom stereocenters. The highest BCUT2D eigenvalue weighted by Gasteiger charge is 2.43. The summed E-state index contributed by atoms with van der Waals surface area (Å²) < 4.78 is 5.00. The van der Waals surface area contributed by atoms with Gasteiger partial charge in [-0.05, 0) is 31.5 Å². The Morgan fingerprint density at radius 2 is 1.92 bits per heavy atom. The lowest BCUT2D eigenvalue weighted by Crippen LogP contribution is -2.54. The van der Waals surface area contributed by atoms with E-state index in [1.165, 1.54) is 4.90 Å². The lowest BCUT2D eigenvalue weighted by atomic mass is 10.2. The Morgan fingerprint density at radius 1 is 1.23 bits per heavy atom. The fraction of sp³-hybridized carbons (Fsp3) is 0.500. The molecule has 0 unspecified atom stereocenters. The Hall–Kier alpha value is -2.12. The van der Waals surface area contributed by atoms with Crippen molar-refractivity contribution < 1.29 is 19.1 Å². The summed E-state index contributed by atoms with van der Waals surface area (Å²) in [4.78, 5) is 41.9. The molecule has 2 aliphatic heterocycles. The number of hydrogen-bond acceptors (Lipinski definition) is 5. The number of ether oxygens (including phenoxy) is 1. The number of piperazine rings is 1. The highest BCUT2D eigenvalue weighted by Crippen LogP contribution is 2.29. The van der Waals surface area contributed by atoms with Crippen LogP contribution in [0.1, 0.15) is 18.9 Å². The molecule has 1 aromatic rings. The molecule has 0 aromatic heterocycles. The van der Waals surface area contributed by atoms with E-state index in [1.807, 2.05) is 11.8 Å². The fourth-order valence-electron chi connectivity index (χ4n) is 3.32. The minimum Gasteiger partial charge on any atom is -0.450 e. The minimum absolute atomic E-state index is 0.143. The third-order valence-electron chi connectivity index (χ3n) is 4.82. The summed E-state index contributed by atoms with van der Waals surface area (Å²) in [5.41, 5.74) is 1.39. The van der Waals surface area contributed by atoms with Crippen LogP contribution < -0.4 is 4.90 Å². The van der Waals surface area contributed by atoms with Gasteiger partial charge in [-0.2, -0.15) is 0 Å². The SMILES string of the molecule is CCOC(=O)N1CCN([C@H]2CC(=O)N(c3ccc(C)c(Cl)c3)C2=O)CC1. The molecule has 2 saturated heterocycles. The first-order valence-electron chi connectivity index (χ1n) is 8.71. The Balaban J connectivity index is 1.68. The molecule has 3 amide bonds. The number of hydrogen-bond donors (Lipinski definition) is 0. The van der Waals surface area contributed by atoms with Crippen molar-refractivity contribution in [3.05, 3.63) is 28.8 Å². The summed E-state index contributed by atoms with van der Waals surface area (Å²) in [5, 5.41) is 0.523. The van der Waals surface area contributed by atoms with E-state index in [0.29, 0.717) is 43.5 Å². The van der Waals surface area contributed by atoms with Crippen LogP contribution >= 0.6 is 11.6 Å². The molecule has 1 aromatic carbocycles. The van der Waals surface area contributed by atoms with Gasteiger partial charge in [0.25, 0.3) is 5.91 Å². The summed E-state index contributed by atoms with van der Waals surface area (Å²) in [5.74, 6) is -0.466. The maximum absolute atomic E-state index is 12.8. The normalized spacial score (nSPS) is 21.4. The molecule has 2 heterocycles. The first kappa shape index (κ1) is 18.7. The van der Waals surface area contributed by atoms with Crippen LogP contribution in [0.2, 0.25) is 5.02 Å². The van der Waals surface area contributed by atoms with E-state index in [-0.39, 0.29) is 24.3 Å². The lowest BCUT2D eigenvalue weighted by molar-refractivity contribution is -0.123. The smallest absolute Gasteiger partial charge is 0.409 e. The summed E-state index contributed by atoms with van der Waals surface area (Å²) in [6.07, 6.45) is -0.194. The maximum atomic E-state index is 12.8. The van der Waals surface area contributed by atoms with E-state index in [0.717, 1.165) is 5.56 Å². The topological polar surface area (TPSA) is 70.2 Å². The predicted octanol–water partition coefficient (Wildman–Crippen LogP) is 2.05. The van der Waals surface area contributed by atoms with Gasteiger partial charge in [-0.25, -0.2) is 9.69 Å². The van der Waals surface area contributed by atoms with Gasteiger partial charge in [-0.1, -0.05) is 17.7 Å². The van der Waals surface area contributed by atoms with Crippen molar-refractivity contribution in [3.63, 3.8) is 0 Å². The third-order valence-corrected chi connectivity index (χ3v) is 5.22. The third kappa shape index (κ3) is 3.54. The second kappa shape index (κ2) is 7.63. The van der Waals surface area contributed by atoms with Crippen molar-refractivity contribution in [1.29, 1.82) is 0 Å². The van der Waals surface area contributed by atoms with Crippen LogP contribution in [-0.2, 0) is 14.3 Å². The van der Waals surface area contributed by atoms with Gasteiger partial charge >= 0.3 is 6.09 Å². The van der Waals surface area contributed by atoms with Crippen LogP contribution in [0.4, 0.5) is 10.5 Å². The molecule has 8 heteroatoms. The van der Waals surface area contributed by atoms with Crippen LogP contribution in [0.25, 0.3) is 0 Å². The largest absolute Gasteiger partial charge is 0.450 e. The van der Waals surface area contributed by atoms with Gasteiger partial charge in [-0.15, -0.1) is 0 Å². The van der Waals surface area contributed by atoms with E-state index in [2.05, 4.69) is 0 Å². The summed E-state index contributed by atoms with van der Waals surface area (Å²) in [6, 6.07) is 4.68. The van der Waals surface area contributed by atoms with Crippen LogP contribution in [0.15, 0.2) is 18.2 Å². The molecule has 3 rings (SSSR count). The molecule has 7 nitrogen and oxygen atoms in total. The van der Waals surface area contributed by atoms with E-state index in [9.17, 15) is 14.4 Å². The standard InChI is InChI=1S/C18H22ClN3O4/c1-3-26-18(25)21-8-6-20(7-9-21)15-11-16(23)22(17(15)24)13-5-4-12(2)14(19)10-13/h4-5,10,15H,3,6-9,11H2,1-2H3/t15-/m0/s1. The molecule has 140 valence electrons. The van der Waals surface area contributed by atoms with Crippen molar-refractivity contribution >= 4 is 35.2 Å². The lowest BCUT2D eigenvalue weighted by Gasteiger charge is -2.36. The number of carbonyl (C=O) groups excluding carboxylic acids is 3. The van der Waals surface area contributed by atoms with Crippen molar-refractivity contribution in [2.75, 3.05) is 37.7 Å². The number of nitrogens with zero attached hydrogens (tertiary/aromatic N) is 3. The molecule has 0 N–H and O–H groups in total. The maximum Gasteiger partial charge on any atom is 0.409 e. The van der Waals surface area contributed by atoms with Gasteiger partial charge < -0.3 is 9.64 Å². The molecule has 2 fully saturated rings. The Labute approximate surface area is 157 Å². The second-order valence-corrected chi connectivity index (χ2v) is 6.85. The average molecular weight is 380 g/mol. The van der Waals surface area contributed by atoms with Crippen LogP contribution in [-0.4, -0.2) is 66.5 Å².